The molecule has 0 aliphatic carbocycles. The van der Waals surface area contributed by atoms with Gasteiger partial charge in [0.1, 0.15) is 0 Å². The Morgan fingerprint density at radius 3 is 1.17 bits per heavy atom. The van der Waals surface area contributed by atoms with Gasteiger partial charge in [0, 0.05) is 37.1 Å². The number of benzene rings is 2. The summed E-state index contributed by atoms with van der Waals surface area (Å²) < 4.78 is 20.6. The van der Waals surface area contributed by atoms with Gasteiger partial charge in [-0.2, -0.15) is 0 Å². The van der Waals surface area contributed by atoms with Crippen LogP contribution < -0.4 is 29.2 Å². The third-order valence-electron chi connectivity index (χ3n) is 7.08. The number of fused-ring (bicyclic) bond motifs is 4. The summed E-state index contributed by atoms with van der Waals surface area (Å²) in [5, 5.41) is 25.2. The molecule has 4 aliphatic heterocycles. The first-order valence-electron chi connectivity index (χ1n) is 12.6. The number of carboxylic acids is 2. The number of rotatable bonds is 4. The molecule has 224 valence electrons. The molecule has 0 fully saturated rings. The fourth-order valence-electron chi connectivity index (χ4n) is 4.98. The van der Waals surface area contributed by atoms with Crippen LogP contribution in [0.4, 0.5) is 0 Å². The number of carbonyl (C=O) groups is 2. The Labute approximate surface area is 286 Å². The van der Waals surface area contributed by atoms with Crippen molar-refractivity contribution in [2.24, 2.45) is 0 Å². The molecule has 0 radical (unpaired) electrons. The minimum Gasteiger partial charge on any atom is -0.545 e. The molecule has 0 bridgehead atoms. The van der Waals surface area contributed by atoms with E-state index in [1.807, 2.05) is 0 Å². The first-order valence-corrected chi connectivity index (χ1v) is 15.9. The van der Waals surface area contributed by atoms with Gasteiger partial charge in [-0.05, 0) is 29.2 Å². The number of aromatic carboxylic acids is 2. The molecule has 47 heavy (non-hydrogen) atoms. The predicted molar refractivity (Wildman–Crippen MR) is 172 cm³/mol. The molecule has 12 heteroatoms. The normalized spacial score (nSPS) is 18.2. The maximum absolute atomic E-state index is 12.7. The molecule has 0 saturated heterocycles. The molecule has 8 nitrogen and oxygen atoms in total. The van der Waals surface area contributed by atoms with Crippen LogP contribution in [0, 0.1) is 98.8 Å². The highest BCUT2D eigenvalue weighted by Gasteiger charge is 2.52. The van der Waals surface area contributed by atoms with E-state index < -0.39 is 48.7 Å². The van der Waals surface area contributed by atoms with Crippen molar-refractivity contribution in [1.29, 1.82) is 0 Å². The Kier molecular flexibility index (Phi) is 7.02. The largest absolute Gasteiger partial charge is 0.545 e. The number of terminal acetylenes is 8. The van der Waals surface area contributed by atoms with E-state index in [0.717, 1.165) is 47.0 Å². The number of thioether (sulfide) groups is 4. The summed E-state index contributed by atoms with van der Waals surface area (Å²) in [6.45, 7) is 0. The highest BCUT2D eigenvalue weighted by atomic mass is 32.2. The first kappa shape index (κ1) is 31.4. The fraction of sp³-hybridized carbons (Fsp3) is 0.143. The molecule has 0 spiro atoms. The second kappa shape index (κ2) is 10.5. The zero-order valence-corrected chi connectivity index (χ0v) is 26.5. The molecule has 0 amide bonds. The maximum Gasteiger partial charge on any atom is 0.385 e. The van der Waals surface area contributed by atoms with Gasteiger partial charge >= 0.3 is 11.6 Å². The van der Waals surface area contributed by atoms with Crippen molar-refractivity contribution >= 4 is 59.0 Å². The summed E-state index contributed by atoms with van der Waals surface area (Å²) in [6.07, 6.45) is 45.7. The van der Waals surface area contributed by atoms with Crippen LogP contribution in [0.5, 0.6) is 23.0 Å². The zero-order chi connectivity index (χ0) is 34.1. The zero-order valence-electron chi connectivity index (χ0n) is 23.2. The van der Waals surface area contributed by atoms with Gasteiger partial charge in [-0.3, -0.25) is 0 Å². The van der Waals surface area contributed by atoms with Crippen LogP contribution >= 0.6 is 47.0 Å². The van der Waals surface area contributed by atoms with Gasteiger partial charge in [-0.15, -0.1) is 51.4 Å². The first-order chi connectivity index (χ1) is 22.4. The van der Waals surface area contributed by atoms with E-state index in [9.17, 15) is 19.8 Å². The summed E-state index contributed by atoms with van der Waals surface area (Å²) >= 11 is 3.97. The monoisotopic (exact) mass is 686 g/mol. The lowest BCUT2D eigenvalue weighted by Crippen LogP contribution is -2.36. The quantitative estimate of drug-likeness (QED) is 0.437. The molecule has 4 heterocycles. The average Bonchev–Trinajstić information content (AvgIpc) is 3.85. The van der Waals surface area contributed by atoms with Gasteiger partial charge in [-0.25, -0.2) is 0 Å². The molecule has 0 unspecified atom stereocenters. The smallest absolute Gasteiger partial charge is 0.385 e. The molecule has 2 aromatic carbocycles. The highest BCUT2D eigenvalue weighted by molar-refractivity contribution is 8.22. The van der Waals surface area contributed by atoms with Gasteiger partial charge in [0.05, 0.1) is 17.5 Å². The molecule has 0 aromatic heterocycles. The van der Waals surface area contributed by atoms with Crippen molar-refractivity contribution in [1.82, 2.24) is 0 Å². The molecular weight excluding hydrogens is 677 g/mol. The molecule has 4 aliphatic rings. The van der Waals surface area contributed by atoms with E-state index in [1.165, 1.54) is 0 Å². The van der Waals surface area contributed by atoms with Gasteiger partial charge in [-0.1, -0.05) is 70.7 Å². The van der Waals surface area contributed by atoms with Crippen LogP contribution in [0.3, 0.4) is 0 Å². The standard InChI is InChI=1S/C35H12O8S4/c1-9-32(10-2)40-22-18(23-25(20(30(36)37)24(22)42-32)43-33(11-3,12-4)41-23)17-19-26-28(46-34(13-5,14-6)44-26)21(31(38)39)29-27(19)45-35(15-7,16-8)47-29/h1-8H,17H2,(H,36,37)(H,38,39)/p-2. The van der Waals surface area contributed by atoms with Gasteiger partial charge in [0.15, 0.2) is 31.2 Å². The lowest BCUT2D eigenvalue weighted by Gasteiger charge is -2.20. The van der Waals surface area contributed by atoms with E-state index >= 15 is 0 Å². The topological polar surface area (TPSA) is 117 Å². The third-order valence-corrected chi connectivity index (χ3v) is 13.0. The Morgan fingerprint density at radius 2 is 0.851 bits per heavy atom. The number of carboxylic acid groups (broad SMARTS) is 2. The number of ether oxygens (including phenoxy) is 4. The third kappa shape index (κ3) is 4.26. The number of hydrogen-bond donors (Lipinski definition) is 0. The molecule has 0 atom stereocenters. The van der Waals surface area contributed by atoms with Crippen LogP contribution in [0.2, 0.25) is 0 Å². The molecule has 0 saturated carbocycles. The van der Waals surface area contributed by atoms with Gasteiger partial charge < -0.3 is 38.7 Å². The van der Waals surface area contributed by atoms with Gasteiger partial charge in [0.25, 0.3) is 0 Å². The summed E-state index contributed by atoms with van der Waals surface area (Å²) in [4.78, 5) is 26.3. The summed E-state index contributed by atoms with van der Waals surface area (Å²) in [7, 11) is 0. The van der Waals surface area contributed by atoms with E-state index in [-0.39, 0.29) is 38.8 Å². The summed E-state index contributed by atoms with van der Waals surface area (Å²) in [5.41, 5.74) is -0.425. The van der Waals surface area contributed by atoms with E-state index in [4.69, 9.17) is 70.3 Å². The maximum atomic E-state index is 12.7. The average molecular weight is 687 g/mol. The lowest BCUT2D eigenvalue weighted by molar-refractivity contribution is -0.256. The Bertz CT molecular complexity index is 1910. The van der Waals surface area contributed by atoms with Crippen LogP contribution in [-0.2, 0) is 6.42 Å². The highest BCUT2D eigenvalue weighted by Crippen LogP contribution is 2.67. The molecular formula is C35H10O8S4-2. The van der Waals surface area contributed by atoms with Crippen LogP contribution in [0.1, 0.15) is 31.8 Å². The van der Waals surface area contributed by atoms with Gasteiger partial charge in [0.2, 0.25) is 0 Å². The van der Waals surface area contributed by atoms with Crippen molar-refractivity contribution in [2.45, 2.75) is 45.7 Å². The fourth-order valence-corrected chi connectivity index (χ4v) is 10.6. The minimum atomic E-state index is -2.19. The van der Waals surface area contributed by atoms with E-state index in [1.54, 1.807) is 0 Å². The summed E-state index contributed by atoms with van der Waals surface area (Å²) in [5.74, 6) is 9.83. The second-order valence-electron chi connectivity index (χ2n) is 9.53. The van der Waals surface area contributed by atoms with E-state index in [2.05, 4.69) is 47.4 Å². The Hall–Kier alpha value is -5.54. The van der Waals surface area contributed by atoms with Crippen molar-refractivity contribution in [3.63, 3.8) is 0 Å². The second-order valence-corrected chi connectivity index (χ2v) is 14.9. The van der Waals surface area contributed by atoms with Crippen LogP contribution in [-0.4, -0.2) is 31.7 Å². The molecule has 6 rings (SSSR count). The van der Waals surface area contributed by atoms with Crippen molar-refractivity contribution in [2.75, 3.05) is 0 Å². The van der Waals surface area contributed by atoms with Crippen LogP contribution in [0.15, 0.2) is 19.6 Å². The Balaban J connectivity index is 1.70. The predicted octanol–water partition coefficient (Wildman–Crippen LogP) is 1.79. The SMILES string of the molecule is C#CC1(C#C)Oc2c(Cc3c4c(c(C(=O)[O-])c5c3SC(C#C)(C#C)S5)SC(C#C)(C#C)S4)c3c(c(C(=O)[O-])c2O1)OC(C#C)(C#C)O3. The lowest BCUT2D eigenvalue weighted by atomic mass is 9.98. The van der Waals surface area contributed by atoms with E-state index in [0.29, 0.717) is 15.4 Å². The Morgan fingerprint density at radius 1 is 0.511 bits per heavy atom. The molecule has 2 aromatic rings. The molecule has 0 N–H and O–H groups in total. The van der Waals surface area contributed by atoms with Crippen molar-refractivity contribution < 1.29 is 38.7 Å². The minimum absolute atomic E-state index is 0.0550. The number of hydrogen-bond acceptors (Lipinski definition) is 12. The van der Waals surface area contributed by atoms with Crippen molar-refractivity contribution in [3.8, 4) is 122 Å². The van der Waals surface area contributed by atoms with Crippen molar-refractivity contribution in [3.05, 3.63) is 22.3 Å². The van der Waals surface area contributed by atoms with Crippen LogP contribution in [0.25, 0.3) is 0 Å². The number of carbonyl (C=O) groups excluding carboxylic acids is 2. The summed E-state index contributed by atoms with van der Waals surface area (Å²) in [6, 6.07) is 0.